The van der Waals surface area contributed by atoms with Gasteiger partial charge in [-0.05, 0) is 32.2 Å². The van der Waals surface area contributed by atoms with Crippen molar-refractivity contribution in [1.82, 2.24) is 5.32 Å². The molecule has 0 aromatic rings. The summed E-state index contributed by atoms with van der Waals surface area (Å²) in [6.45, 7) is 2.24. The number of amides is 1. The zero-order valence-corrected chi connectivity index (χ0v) is 25.2. The normalized spacial score (nSPS) is 10.5. The lowest BCUT2D eigenvalue weighted by atomic mass is 10.1. The number of esters is 1. The molecule has 0 unspecified atom stereocenters. The molecular formula is C29H55F3N2O7. The van der Waals surface area contributed by atoms with Crippen LogP contribution in [0.1, 0.15) is 135 Å². The van der Waals surface area contributed by atoms with E-state index in [1.165, 1.54) is 52.6 Å². The summed E-state index contributed by atoms with van der Waals surface area (Å²) in [5, 5.41) is 18.7. The van der Waals surface area contributed by atoms with Crippen molar-refractivity contribution in [2.75, 3.05) is 20.2 Å². The number of carbonyl (C=O) groups excluding carboxylic acids is 2. The van der Waals surface area contributed by atoms with Crippen LogP contribution in [0.4, 0.5) is 13.2 Å². The molecule has 0 atom stereocenters. The van der Waals surface area contributed by atoms with E-state index < -0.39 is 24.0 Å². The van der Waals surface area contributed by atoms with Gasteiger partial charge in [-0.15, -0.1) is 0 Å². The molecule has 0 heterocycles. The highest BCUT2D eigenvalue weighted by molar-refractivity contribution is 5.81. The van der Waals surface area contributed by atoms with Gasteiger partial charge in [-0.2, -0.15) is 13.2 Å². The van der Waals surface area contributed by atoms with Gasteiger partial charge in [0.1, 0.15) is 0 Å². The van der Waals surface area contributed by atoms with Gasteiger partial charge in [0.15, 0.2) is 0 Å². The monoisotopic (exact) mass is 600 g/mol. The van der Waals surface area contributed by atoms with E-state index in [4.69, 9.17) is 15.9 Å². The molecule has 0 bridgehead atoms. The van der Waals surface area contributed by atoms with E-state index in [-0.39, 0.29) is 18.9 Å². The van der Waals surface area contributed by atoms with Gasteiger partial charge in [0.2, 0.25) is 0 Å². The Kier molecular flexibility index (Phi) is 33.8. The first-order valence-electron chi connectivity index (χ1n) is 14.9. The zero-order valence-electron chi connectivity index (χ0n) is 25.2. The van der Waals surface area contributed by atoms with Crippen LogP contribution < -0.4 is 11.1 Å². The predicted octanol–water partition coefficient (Wildman–Crippen LogP) is 6.76. The molecule has 0 spiro atoms. The maximum atomic E-state index is 11.9. The van der Waals surface area contributed by atoms with Gasteiger partial charge >= 0.3 is 30.0 Å². The fourth-order valence-electron chi connectivity index (χ4n) is 3.60. The van der Waals surface area contributed by atoms with Crippen LogP contribution in [0.3, 0.4) is 0 Å². The third kappa shape index (κ3) is 44.9. The van der Waals surface area contributed by atoms with Crippen molar-refractivity contribution >= 4 is 23.8 Å². The van der Waals surface area contributed by atoms with Crippen LogP contribution in [-0.4, -0.2) is 60.4 Å². The fraction of sp³-hybridized carbons (Fsp3) is 0.862. The van der Waals surface area contributed by atoms with Gasteiger partial charge in [0.25, 0.3) is 0 Å². The molecule has 244 valence electrons. The van der Waals surface area contributed by atoms with Crippen molar-refractivity contribution in [1.29, 1.82) is 0 Å². The van der Waals surface area contributed by atoms with Crippen molar-refractivity contribution in [2.24, 2.45) is 5.73 Å². The summed E-state index contributed by atoms with van der Waals surface area (Å²) in [6, 6.07) is 0. The molecule has 5 N–H and O–H groups in total. The highest BCUT2D eigenvalue weighted by Gasteiger charge is 2.38. The molecule has 41 heavy (non-hydrogen) atoms. The average Bonchev–Trinajstić information content (AvgIpc) is 2.90. The molecule has 9 nitrogen and oxygen atoms in total. The quantitative estimate of drug-likeness (QED) is 0.0740. The second-order valence-corrected chi connectivity index (χ2v) is 9.89. The molecule has 0 aliphatic carbocycles. The molecule has 0 rings (SSSR count). The first-order valence-corrected chi connectivity index (χ1v) is 14.9. The van der Waals surface area contributed by atoms with Gasteiger partial charge in [-0.3, -0.25) is 19.2 Å². The highest BCUT2D eigenvalue weighted by Crippen LogP contribution is 2.14. The second kappa shape index (κ2) is 32.1. The minimum atomic E-state index is -4.79. The SMILES string of the molecule is COC(C)=O.NCCCCCCCCCCCC(=O)O.O=C(O)CCCCCCCCCCCNC(=O)C(F)(F)F. The van der Waals surface area contributed by atoms with Gasteiger partial charge in [-0.25, -0.2) is 0 Å². The number of nitrogens with one attached hydrogen (secondary N) is 1. The fourth-order valence-corrected chi connectivity index (χ4v) is 3.60. The highest BCUT2D eigenvalue weighted by atomic mass is 19.4. The number of hydrogen-bond acceptors (Lipinski definition) is 6. The Morgan fingerprint density at radius 3 is 1.20 bits per heavy atom. The molecular weight excluding hydrogens is 545 g/mol. The number of rotatable bonds is 23. The molecule has 0 aliphatic rings. The number of hydrogen-bond donors (Lipinski definition) is 4. The molecule has 12 heteroatoms. The third-order valence-electron chi connectivity index (χ3n) is 5.99. The topological polar surface area (TPSA) is 156 Å². The number of carboxylic acids is 2. The maximum Gasteiger partial charge on any atom is 0.471 e. The molecule has 0 aliphatic heterocycles. The summed E-state index contributed by atoms with van der Waals surface area (Å²) in [5.41, 5.74) is 5.40. The van der Waals surface area contributed by atoms with Gasteiger partial charge in [0, 0.05) is 26.3 Å². The van der Waals surface area contributed by atoms with Crippen LogP contribution in [0.5, 0.6) is 0 Å². The van der Waals surface area contributed by atoms with E-state index in [2.05, 4.69) is 4.74 Å². The summed E-state index contributed by atoms with van der Waals surface area (Å²) in [6.07, 6.45) is 14.5. The van der Waals surface area contributed by atoms with Crippen molar-refractivity contribution in [3.05, 3.63) is 0 Å². The Labute approximate surface area is 244 Å². The standard InChI is InChI=1S/C14H24F3NO3.C12H25NO2.C3H6O2/c15-14(16,17)13(21)18-11-9-7-5-3-1-2-4-6-8-10-12(19)20;13-11-9-7-5-3-1-2-4-6-8-10-12(14)15;1-3(4)5-2/h1-11H2,(H,18,21)(H,19,20);1-11,13H2,(H,14,15);1-2H3. The summed E-state index contributed by atoms with van der Waals surface area (Å²) < 4.78 is 39.7. The van der Waals surface area contributed by atoms with Crippen LogP contribution in [0.15, 0.2) is 0 Å². The first-order chi connectivity index (χ1) is 19.4. The number of carboxylic acid groups (broad SMARTS) is 2. The van der Waals surface area contributed by atoms with Crippen LogP contribution in [-0.2, 0) is 23.9 Å². The van der Waals surface area contributed by atoms with Crippen molar-refractivity contribution in [3.8, 4) is 0 Å². The lowest BCUT2D eigenvalue weighted by Gasteiger charge is -2.07. The number of methoxy groups -OCH3 is 1. The smallest absolute Gasteiger partial charge is 0.471 e. The average molecular weight is 601 g/mol. The number of nitrogens with two attached hydrogens (primary N) is 1. The van der Waals surface area contributed by atoms with Gasteiger partial charge < -0.3 is 26.0 Å². The van der Waals surface area contributed by atoms with E-state index in [1.807, 2.05) is 5.32 Å². The molecule has 0 saturated heterocycles. The summed E-state index contributed by atoms with van der Waals surface area (Å²) in [5.74, 6) is -3.54. The Morgan fingerprint density at radius 2 is 0.927 bits per heavy atom. The Morgan fingerprint density at radius 1 is 0.634 bits per heavy atom. The van der Waals surface area contributed by atoms with Crippen molar-refractivity contribution < 1.29 is 47.3 Å². The predicted molar refractivity (Wildman–Crippen MR) is 153 cm³/mol. The molecule has 1 amide bonds. The molecule has 0 aromatic heterocycles. The van der Waals surface area contributed by atoms with Gasteiger partial charge in [0.05, 0.1) is 7.11 Å². The number of halogens is 3. The summed E-state index contributed by atoms with van der Waals surface area (Å²) >= 11 is 0. The minimum absolute atomic E-state index is 0.0630. The molecule has 0 saturated carbocycles. The number of aliphatic carboxylic acids is 2. The lowest BCUT2D eigenvalue weighted by molar-refractivity contribution is -0.173. The first kappa shape index (κ1) is 43.1. The summed E-state index contributed by atoms with van der Waals surface area (Å²) in [4.78, 5) is 40.6. The molecule has 0 aromatic carbocycles. The molecule has 0 radical (unpaired) electrons. The van der Waals surface area contributed by atoms with Crippen LogP contribution in [0.2, 0.25) is 0 Å². The van der Waals surface area contributed by atoms with Gasteiger partial charge in [-0.1, -0.05) is 89.9 Å². The van der Waals surface area contributed by atoms with Crippen LogP contribution in [0, 0.1) is 0 Å². The Bertz CT molecular complexity index is 648. The van der Waals surface area contributed by atoms with E-state index in [0.29, 0.717) is 19.3 Å². The zero-order chi connectivity index (χ0) is 31.8. The van der Waals surface area contributed by atoms with E-state index in [9.17, 15) is 32.3 Å². The lowest BCUT2D eigenvalue weighted by Crippen LogP contribution is -2.37. The van der Waals surface area contributed by atoms with Crippen LogP contribution >= 0.6 is 0 Å². The molecule has 0 fully saturated rings. The maximum absolute atomic E-state index is 11.9. The Hall–Kier alpha value is -2.37. The van der Waals surface area contributed by atoms with E-state index in [1.54, 1.807) is 0 Å². The van der Waals surface area contributed by atoms with E-state index in [0.717, 1.165) is 70.8 Å². The number of carbonyl (C=O) groups is 4. The summed E-state index contributed by atoms with van der Waals surface area (Å²) in [7, 11) is 1.35. The largest absolute Gasteiger partial charge is 0.481 e. The Balaban J connectivity index is -0.000000627. The number of ether oxygens (including phenoxy) is 1. The van der Waals surface area contributed by atoms with Crippen LogP contribution in [0.25, 0.3) is 0 Å². The third-order valence-corrected chi connectivity index (χ3v) is 5.99. The minimum Gasteiger partial charge on any atom is -0.481 e. The van der Waals surface area contributed by atoms with Crippen molar-refractivity contribution in [2.45, 2.75) is 142 Å². The second-order valence-electron chi connectivity index (χ2n) is 9.89. The number of unbranched alkanes of at least 4 members (excludes halogenated alkanes) is 16. The van der Waals surface area contributed by atoms with Crippen molar-refractivity contribution in [3.63, 3.8) is 0 Å². The number of alkyl halides is 3. The van der Waals surface area contributed by atoms with E-state index >= 15 is 0 Å².